The highest BCUT2D eigenvalue weighted by molar-refractivity contribution is 7.85. The van der Waals surface area contributed by atoms with Crippen LogP contribution in [-0.2, 0) is 17.3 Å². The van der Waals surface area contributed by atoms with E-state index in [1.165, 1.54) is 5.56 Å². The van der Waals surface area contributed by atoms with Gasteiger partial charge in [-0.05, 0) is 44.4 Å². The zero-order chi connectivity index (χ0) is 13.7. The first-order valence-corrected chi connectivity index (χ1v) is 8.46. The molecule has 0 saturated carbocycles. The minimum Gasteiger partial charge on any atom is -0.491 e. The van der Waals surface area contributed by atoms with Gasteiger partial charge >= 0.3 is 0 Å². The molecule has 0 aliphatic carbocycles. The Bertz CT molecular complexity index is 424. The molecule has 1 heterocycles. The number of rotatable bonds is 5. The SMILES string of the molecule is CC(C)Oc1cccc(CNC2CCS(=O)CC2)c1. The molecule has 0 amide bonds. The van der Waals surface area contributed by atoms with Crippen LogP contribution in [0.3, 0.4) is 0 Å². The number of nitrogens with one attached hydrogen (secondary N) is 1. The zero-order valence-electron chi connectivity index (χ0n) is 11.7. The van der Waals surface area contributed by atoms with E-state index >= 15 is 0 Å². The van der Waals surface area contributed by atoms with Crippen LogP contribution in [0.4, 0.5) is 0 Å². The molecule has 1 aromatic rings. The van der Waals surface area contributed by atoms with Gasteiger partial charge in [0.15, 0.2) is 0 Å². The highest BCUT2D eigenvalue weighted by Gasteiger charge is 2.16. The number of benzene rings is 1. The Kier molecular flexibility index (Phi) is 5.40. The van der Waals surface area contributed by atoms with Crippen LogP contribution in [-0.4, -0.2) is 27.9 Å². The summed E-state index contributed by atoms with van der Waals surface area (Å²) < 4.78 is 17.0. The monoisotopic (exact) mass is 281 g/mol. The maximum Gasteiger partial charge on any atom is 0.120 e. The van der Waals surface area contributed by atoms with Gasteiger partial charge in [0.2, 0.25) is 0 Å². The van der Waals surface area contributed by atoms with Gasteiger partial charge in [-0.1, -0.05) is 12.1 Å². The van der Waals surface area contributed by atoms with Crippen LogP contribution >= 0.6 is 0 Å². The fourth-order valence-corrected chi connectivity index (χ4v) is 3.56. The Hall–Kier alpha value is -0.870. The third-order valence-electron chi connectivity index (χ3n) is 3.25. The first kappa shape index (κ1) is 14.5. The third kappa shape index (κ3) is 4.96. The van der Waals surface area contributed by atoms with Crippen molar-refractivity contribution in [1.29, 1.82) is 0 Å². The number of hydrogen-bond donors (Lipinski definition) is 1. The average Bonchev–Trinajstić information content (AvgIpc) is 2.38. The molecular formula is C15H23NO2S. The van der Waals surface area contributed by atoms with E-state index in [0.717, 1.165) is 36.6 Å². The molecule has 19 heavy (non-hydrogen) atoms. The molecule has 0 bridgehead atoms. The van der Waals surface area contributed by atoms with Crippen molar-refractivity contribution in [1.82, 2.24) is 5.32 Å². The second kappa shape index (κ2) is 7.06. The summed E-state index contributed by atoms with van der Waals surface area (Å²) in [6.07, 6.45) is 2.25. The molecule has 0 spiro atoms. The third-order valence-corrected chi connectivity index (χ3v) is 4.64. The lowest BCUT2D eigenvalue weighted by Crippen LogP contribution is -2.35. The predicted molar refractivity (Wildman–Crippen MR) is 79.9 cm³/mol. The Morgan fingerprint density at radius 1 is 1.37 bits per heavy atom. The van der Waals surface area contributed by atoms with Gasteiger partial charge in [0.1, 0.15) is 5.75 Å². The van der Waals surface area contributed by atoms with Crippen molar-refractivity contribution in [3.63, 3.8) is 0 Å². The summed E-state index contributed by atoms with van der Waals surface area (Å²) in [6, 6.07) is 8.74. The van der Waals surface area contributed by atoms with E-state index in [0.29, 0.717) is 6.04 Å². The Morgan fingerprint density at radius 2 is 2.11 bits per heavy atom. The molecule has 106 valence electrons. The van der Waals surface area contributed by atoms with E-state index in [4.69, 9.17) is 4.74 Å². The molecule has 1 N–H and O–H groups in total. The second-order valence-corrected chi connectivity index (χ2v) is 7.01. The van der Waals surface area contributed by atoms with Crippen LogP contribution < -0.4 is 10.1 Å². The summed E-state index contributed by atoms with van der Waals surface area (Å²) in [4.78, 5) is 0. The lowest BCUT2D eigenvalue weighted by atomic mass is 10.1. The summed E-state index contributed by atoms with van der Waals surface area (Å²) in [5, 5.41) is 3.55. The van der Waals surface area contributed by atoms with Gasteiger partial charge in [-0.25, -0.2) is 0 Å². The maximum atomic E-state index is 11.3. The summed E-state index contributed by atoms with van der Waals surface area (Å²) in [5.41, 5.74) is 1.24. The molecule has 4 heteroatoms. The molecule has 3 nitrogen and oxygen atoms in total. The van der Waals surface area contributed by atoms with Crippen LogP contribution in [0.1, 0.15) is 32.3 Å². The van der Waals surface area contributed by atoms with E-state index in [9.17, 15) is 4.21 Å². The normalized spacial score (nSPS) is 23.5. The van der Waals surface area contributed by atoms with Gasteiger partial charge in [0.05, 0.1) is 6.10 Å². The number of ether oxygens (including phenoxy) is 1. The van der Waals surface area contributed by atoms with E-state index in [1.54, 1.807) is 0 Å². The summed E-state index contributed by atoms with van der Waals surface area (Å²) in [5.74, 6) is 2.61. The van der Waals surface area contributed by atoms with E-state index < -0.39 is 10.8 Å². The summed E-state index contributed by atoms with van der Waals surface area (Å²) in [7, 11) is -0.579. The quantitative estimate of drug-likeness (QED) is 0.901. The Morgan fingerprint density at radius 3 is 2.79 bits per heavy atom. The Labute approximate surface area is 118 Å². The van der Waals surface area contributed by atoms with Crippen molar-refractivity contribution in [3.05, 3.63) is 29.8 Å². The highest BCUT2D eigenvalue weighted by Crippen LogP contribution is 2.16. The van der Waals surface area contributed by atoms with Gasteiger partial charge in [0, 0.05) is 34.9 Å². The predicted octanol–water partition coefficient (Wildman–Crippen LogP) is 2.47. The van der Waals surface area contributed by atoms with Crippen molar-refractivity contribution < 1.29 is 8.95 Å². The first-order valence-electron chi connectivity index (χ1n) is 6.97. The van der Waals surface area contributed by atoms with Gasteiger partial charge in [-0.2, -0.15) is 0 Å². The van der Waals surface area contributed by atoms with Gasteiger partial charge in [0.25, 0.3) is 0 Å². The topological polar surface area (TPSA) is 38.3 Å². The minimum absolute atomic E-state index is 0.205. The average molecular weight is 281 g/mol. The van der Waals surface area contributed by atoms with Crippen molar-refractivity contribution in [2.45, 2.75) is 45.4 Å². The molecule has 0 radical (unpaired) electrons. The molecule has 1 fully saturated rings. The van der Waals surface area contributed by atoms with Gasteiger partial charge in [-0.15, -0.1) is 0 Å². The van der Waals surface area contributed by atoms with Crippen LogP contribution in [0.5, 0.6) is 5.75 Å². The standard InChI is InChI=1S/C15H23NO2S/c1-12(2)18-15-5-3-4-13(10-15)11-16-14-6-8-19(17)9-7-14/h3-5,10,12,14,16H,6-9,11H2,1-2H3. The van der Waals surface area contributed by atoms with Gasteiger partial charge < -0.3 is 10.1 Å². The van der Waals surface area contributed by atoms with E-state index in [1.807, 2.05) is 26.0 Å². The van der Waals surface area contributed by atoms with Crippen LogP contribution in [0, 0.1) is 0 Å². The second-order valence-electron chi connectivity index (χ2n) is 5.32. The van der Waals surface area contributed by atoms with Crippen molar-refractivity contribution in [2.24, 2.45) is 0 Å². The van der Waals surface area contributed by atoms with Crippen molar-refractivity contribution in [3.8, 4) is 5.75 Å². The van der Waals surface area contributed by atoms with Crippen LogP contribution in [0.25, 0.3) is 0 Å². The molecule has 1 saturated heterocycles. The van der Waals surface area contributed by atoms with Crippen LogP contribution in [0.15, 0.2) is 24.3 Å². The maximum absolute atomic E-state index is 11.3. The molecule has 1 aliphatic heterocycles. The molecule has 0 unspecified atom stereocenters. The summed E-state index contributed by atoms with van der Waals surface area (Å²) in [6.45, 7) is 4.92. The fraction of sp³-hybridized carbons (Fsp3) is 0.600. The highest BCUT2D eigenvalue weighted by atomic mass is 32.2. The molecule has 2 rings (SSSR count). The Balaban J connectivity index is 1.83. The van der Waals surface area contributed by atoms with Gasteiger partial charge in [-0.3, -0.25) is 4.21 Å². The fourth-order valence-electron chi connectivity index (χ4n) is 2.26. The molecular weight excluding hydrogens is 258 g/mol. The molecule has 0 aromatic heterocycles. The van der Waals surface area contributed by atoms with Crippen molar-refractivity contribution >= 4 is 10.8 Å². The zero-order valence-corrected chi connectivity index (χ0v) is 12.5. The summed E-state index contributed by atoms with van der Waals surface area (Å²) >= 11 is 0. The minimum atomic E-state index is -0.579. The number of hydrogen-bond acceptors (Lipinski definition) is 3. The first-order chi connectivity index (χ1) is 9.13. The van der Waals surface area contributed by atoms with Crippen LogP contribution in [0.2, 0.25) is 0 Å². The largest absolute Gasteiger partial charge is 0.491 e. The molecule has 0 atom stereocenters. The van der Waals surface area contributed by atoms with Crippen molar-refractivity contribution in [2.75, 3.05) is 11.5 Å². The molecule has 1 aliphatic rings. The van der Waals surface area contributed by atoms with E-state index in [2.05, 4.69) is 17.4 Å². The van der Waals surface area contributed by atoms with E-state index in [-0.39, 0.29) is 6.10 Å². The molecule has 1 aromatic carbocycles. The smallest absolute Gasteiger partial charge is 0.120 e. The lowest BCUT2D eigenvalue weighted by Gasteiger charge is -2.22. The lowest BCUT2D eigenvalue weighted by molar-refractivity contribution is 0.242.